The van der Waals surface area contributed by atoms with Gasteiger partial charge in [-0.3, -0.25) is 19.4 Å². The molecule has 0 bridgehead atoms. The molecular weight excluding hydrogens is 480 g/mol. The molecule has 8 heteroatoms. The molecule has 4 atom stereocenters. The number of morpholine rings is 1. The van der Waals surface area contributed by atoms with E-state index in [1.54, 1.807) is 9.80 Å². The van der Waals surface area contributed by atoms with Crippen LogP contribution in [0.5, 0.6) is 0 Å². The number of piperazine rings is 1. The van der Waals surface area contributed by atoms with Gasteiger partial charge in [0.2, 0.25) is 17.7 Å². The highest BCUT2D eigenvalue weighted by Gasteiger charge is 2.51. The molecule has 1 aromatic carbocycles. The third-order valence-corrected chi connectivity index (χ3v) is 8.52. The van der Waals surface area contributed by atoms with E-state index in [1.165, 1.54) is 11.1 Å². The van der Waals surface area contributed by atoms with Gasteiger partial charge in [0, 0.05) is 30.0 Å². The van der Waals surface area contributed by atoms with Gasteiger partial charge in [0.1, 0.15) is 18.1 Å². The average molecular weight is 519 g/mol. The Kier molecular flexibility index (Phi) is 7.52. The fourth-order valence-electron chi connectivity index (χ4n) is 6.26. The minimum atomic E-state index is -0.926. The summed E-state index contributed by atoms with van der Waals surface area (Å²) < 4.78 is 5.50. The first-order chi connectivity index (χ1) is 18.3. The first-order valence-corrected chi connectivity index (χ1v) is 13.8. The zero-order chi connectivity index (χ0) is 27.0. The van der Waals surface area contributed by atoms with Crippen molar-refractivity contribution in [3.63, 3.8) is 0 Å². The van der Waals surface area contributed by atoms with E-state index in [2.05, 4.69) is 22.4 Å². The molecule has 0 unspecified atom stereocenters. The molecule has 3 amide bonds. The monoisotopic (exact) mass is 518 g/mol. The number of carbonyl (C=O) groups excluding carboxylic acids is 3. The lowest BCUT2D eigenvalue weighted by molar-refractivity contribution is -0.163. The highest BCUT2D eigenvalue weighted by Crippen LogP contribution is 2.37. The lowest BCUT2D eigenvalue weighted by Crippen LogP contribution is -2.68. The standard InChI is InChI=1S/C30H38N4O4/c1-5-18(2)26-28(35)32-25(23-16-21-8-6-7-9-22(21)17-23)29(36)34(26)27(24-11-10-19(3)31-20(24)4)30(37)33-12-14-38-15-13-33/h6-11,18,23,25-27H,5,12-17H2,1-4H3,(H,32,35)/t18-,25+,26+,27-/m0/s1. The van der Waals surface area contributed by atoms with Crippen molar-refractivity contribution < 1.29 is 19.1 Å². The molecule has 0 radical (unpaired) electrons. The number of fused-ring (bicyclic) bond motifs is 1. The minimum Gasteiger partial charge on any atom is -0.378 e. The Morgan fingerprint density at radius 3 is 2.34 bits per heavy atom. The second-order valence-electron chi connectivity index (χ2n) is 11.0. The van der Waals surface area contributed by atoms with Gasteiger partial charge < -0.3 is 19.9 Å². The van der Waals surface area contributed by atoms with E-state index in [0.29, 0.717) is 44.0 Å². The summed E-state index contributed by atoms with van der Waals surface area (Å²) in [7, 11) is 0. The van der Waals surface area contributed by atoms with Crippen LogP contribution < -0.4 is 5.32 Å². The van der Waals surface area contributed by atoms with Crippen molar-refractivity contribution in [1.29, 1.82) is 0 Å². The number of ether oxygens (including phenoxy) is 1. The van der Waals surface area contributed by atoms with Crippen molar-refractivity contribution in [3.8, 4) is 0 Å². The SMILES string of the molecule is CC[C@H](C)[C@@H]1C(=O)N[C@H](C2Cc3ccccc3C2)C(=O)N1[C@H](C(=O)N1CCOCC1)c1ccc(C)nc1C. The van der Waals surface area contributed by atoms with Crippen LogP contribution in [0.3, 0.4) is 0 Å². The molecule has 3 heterocycles. The molecule has 0 saturated carbocycles. The Balaban J connectivity index is 1.58. The van der Waals surface area contributed by atoms with Crippen LogP contribution in [0.4, 0.5) is 0 Å². The molecule has 2 aromatic rings. The van der Waals surface area contributed by atoms with E-state index in [1.807, 2.05) is 52.0 Å². The first-order valence-electron chi connectivity index (χ1n) is 13.8. The van der Waals surface area contributed by atoms with Crippen molar-refractivity contribution >= 4 is 17.7 Å². The molecule has 2 saturated heterocycles. The van der Waals surface area contributed by atoms with E-state index in [0.717, 1.165) is 18.5 Å². The number of benzene rings is 1. The molecule has 1 N–H and O–H groups in total. The second kappa shape index (κ2) is 10.8. The molecular formula is C30H38N4O4. The van der Waals surface area contributed by atoms with E-state index in [9.17, 15) is 14.4 Å². The number of rotatable bonds is 6. The minimum absolute atomic E-state index is 0.0550. The van der Waals surface area contributed by atoms with Crippen molar-refractivity contribution in [2.75, 3.05) is 26.3 Å². The molecule has 3 aliphatic rings. The average Bonchev–Trinajstić information content (AvgIpc) is 3.35. The Labute approximate surface area is 224 Å². The van der Waals surface area contributed by atoms with Crippen molar-refractivity contribution in [1.82, 2.24) is 20.1 Å². The highest BCUT2D eigenvalue weighted by molar-refractivity contribution is 6.00. The molecule has 2 fully saturated rings. The van der Waals surface area contributed by atoms with Crippen LogP contribution in [0.25, 0.3) is 0 Å². The predicted octanol–water partition coefficient (Wildman–Crippen LogP) is 2.76. The van der Waals surface area contributed by atoms with Crippen molar-refractivity contribution in [2.45, 2.75) is 65.1 Å². The molecule has 1 aliphatic carbocycles. The molecule has 0 spiro atoms. The van der Waals surface area contributed by atoms with Crippen LogP contribution in [0.15, 0.2) is 36.4 Å². The maximum absolute atomic E-state index is 14.5. The number of nitrogens with one attached hydrogen (secondary N) is 1. The van der Waals surface area contributed by atoms with E-state index < -0.39 is 18.1 Å². The van der Waals surface area contributed by atoms with Gasteiger partial charge >= 0.3 is 0 Å². The summed E-state index contributed by atoms with van der Waals surface area (Å²) in [6.07, 6.45) is 2.15. The zero-order valence-electron chi connectivity index (χ0n) is 22.8. The summed E-state index contributed by atoms with van der Waals surface area (Å²) in [5.74, 6) is -0.719. The number of aromatic nitrogens is 1. The molecule has 5 rings (SSSR count). The van der Waals surface area contributed by atoms with Gasteiger partial charge in [-0.25, -0.2) is 0 Å². The van der Waals surface area contributed by atoms with E-state index in [4.69, 9.17) is 4.74 Å². The number of pyridine rings is 1. The van der Waals surface area contributed by atoms with Crippen LogP contribution in [0.1, 0.15) is 54.4 Å². The lowest BCUT2D eigenvalue weighted by Gasteiger charge is -2.47. The smallest absolute Gasteiger partial charge is 0.250 e. The summed E-state index contributed by atoms with van der Waals surface area (Å²) in [4.78, 5) is 50.6. The number of nitrogens with zero attached hydrogens (tertiary/aromatic N) is 3. The molecule has 1 aromatic heterocycles. The summed E-state index contributed by atoms with van der Waals surface area (Å²) in [6.45, 7) is 9.59. The Morgan fingerprint density at radius 1 is 1.08 bits per heavy atom. The highest BCUT2D eigenvalue weighted by atomic mass is 16.5. The maximum atomic E-state index is 14.5. The van der Waals surface area contributed by atoms with Gasteiger partial charge in [0.05, 0.1) is 13.2 Å². The zero-order valence-corrected chi connectivity index (χ0v) is 22.8. The molecule has 202 valence electrons. The summed E-state index contributed by atoms with van der Waals surface area (Å²) in [6, 6.07) is 9.62. The van der Waals surface area contributed by atoms with Crippen LogP contribution in [0.2, 0.25) is 0 Å². The number of carbonyl (C=O) groups is 3. The topological polar surface area (TPSA) is 91.8 Å². The lowest BCUT2D eigenvalue weighted by atomic mass is 9.85. The van der Waals surface area contributed by atoms with Gasteiger partial charge in [-0.2, -0.15) is 0 Å². The Bertz CT molecular complexity index is 1200. The van der Waals surface area contributed by atoms with Crippen LogP contribution in [-0.2, 0) is 32.0 Å². The molecule has 8 nitrogen and oxygen atoms in total. The Morgan fingerprint density at radius 2 is 1.74 bits per heavy atom. The van der Waals surface area contributed by atoms with Gasteiger partial charge in [-0.1, -0.05) is 50.6 Å². The normalized spacial score (nSPS) is 23.7. The summed E-state index contributed by atoms with van der Waals surface area (Å²) in [5, 5.41) is 3.10. The number of amides is 3. The van der Waals surface area contributed by atoms with Gasteiger partial charge in [0.25, 0.3) is 0 Å². The van der Waals surface area contributed by atoms with Crippen LogP contribution in [-0.4, -0.2) is 70.9 Å². The summed E-state index contributed by atoms with van der Waals surface area (Å²) in [5.41, 5.74) is 4.65. The number of aryl methyl sites for hydroxylation is 2. The largest absolute Gasteiger partial charge is 0.378 e. The fourth-order valence-corrected chi connectivity index (χ4v) is 6.26. The first kappa shape index (κ1) is 26.4. The number of hydrogen-bond acceptors (Lipinski definition) is 5. The molecule has 38 heavy (non-hydrogen) atoms. The van der Waals surface area contributed by atoms with Crippen molar-refractivity contribution in [3.05, 3.63) is 64.5 Å². The van der Waals surface area contributed by atoms with Gasteiger partial charge in [0.15, 0.2) is 0 Å². The van der Waals surface area contributed by atoms with Gasteiger partial charge in [-0.15, -0.1) is 0 Å². The third kappa shape index (κ3) is 4.82. The number of hydrogen-bond donors (Lipinski definition) is 1. The quantitative estimate of drug-likeness (QED) is 0.635. The second-order valence-corrected chi connectivity index (χ2v) is 11.0. The van der Waals surface area contributed by atoms with Crippen LogP contribution >= 0.6 is 0 Å². The fraction of sp³-hybridized carbons (Fsp3) is 0.533. The predicted molar refractivity (Wildman–Crippen MR) is 143 cm³/mol. The van der Waals surface area contributed by atoms with Gasteiger partial charge in [-0.05, 0) is 55.7 Å². The third-order valence-electron chi connectivity index (χ3n) is 8.52. The van der Waals surface area contributed by atoms with Crippen LogP contribution in [0, 0.1) is 25.7 Å². The molecule has 2 aliphatic heterocycles. The summed E-state index contributed by atoms with van der Waals surface area (Å²) >= 11 is 0. The maximum Gasteiger partial charge on any atom is 0.250 e. The van der Waals surface area contributed by atoms with Crippen molar-refractivity contribution in [2.24, 2.45) is 11.8 Å². The Hall–Kier alpha value is -3.26. The van der Waals surface area contributed by atoms with E-state index in [-0.39, 0.29) is 29.6 Å². The van der Waals surface area contributed by atoms with E-state index >= 15 is 0 Å².